The Bertz CT molecular complexity index is 780. The van der Waals surface area contributed by atoms with Gasteiger partial charge in [0.25, 0.3) is 0 Å². The normalized spacial score (nSPS) is 16.0. The fourth-order valence-corrected chi connectivity index (χ4v) is 3.49. The highest BCUT2D eigenvalue weighted by atomic mass is 16.5. The zero-order chi connectivity index (χ0) is 19.3. The molecule has 1 aliphatic rings. The maximum absolute atomic E-state index is 12.4. The molecule has 0 bridgehead atoms. The van der Waals surface area contributed by atoms with Crippen LogP contribution in [-0.4, -0.2) is 45.0 Å². The van der Waals surface area contributed by atoms with Gasteiger partial charge in [-0.25, -0.2) is 0 Å². The van der Waals surface area contributed by atoms with Gasteiger partial charge in [-0.05, 0) is 37.5 Å². The monoisotopic (exact) mass is 374 g/mol. The number of amides is 1. The number of aryl methyl sites for hydroxylation is 1. The highest BCUT2D eigenvalue weighted by Gasteiger charge is 2.35. The molecule has 1 amide bonds. The van der Waals surface area contributed by atoms with Crippen LogP contribution in [0.4, 0.5) is 0 Å². The Morgan fingerprint density at radius 2 is 1.93 bits per heavy atom. The molecule has 27 heavy (non-hydrogen) atoms. The van der Waals surface area contributed by atoms with Gasteiger partial charge < -0.3 is 24.1 Å². The van der Waals surface area contributed by atoms with Crippen molar-refractivity contribution in [1.29, 1.82) is 0 Å². The molecule has 7 heteroatoms. The van der Waals surface area contributed by atoms with E-state index in [0.29, 0.717) is 42.7 Å². The van der Waals surface area contributed by atoms with Gasteiger partial charge in [-0.15, -0.1) is 0 Å². The summed E-state index contributed by atoms with van der Waals surface area (Å²) in [6.45, 7) is 3.66. The number of methoxy groups -OCH3 is 2. The van der Waals surface area contributed by atoms with E-state index in [4.69, 9.17) is 18.7 Å². The molecule has 7 nitrogen and oxygen atoms in total. The molecule has 2 aromatic rings. The van der Waals surface area contributed by atoms with Crippen molar-refractivity contribution in [3.05, 3.63) is 41.3 Å². The summed E-state index contributed by atoms with van der Waals surface area (Å²) in [5, 5.41) is 6.95. The second-order valence-corrected chi connectivity index (χ2v) is 6.84. The van der Waals surface area contributed by atoms with Crippen LogP contribution in [0, 0.1) is 6.92 Å². The van der Waals surface area contributed by atoms with Gasteiger partial charge in [-0.2, -0.15) is 0 Å². The van der Waals surface area contributed by atoms with E-state index in [1.807, 2.05) is 25.1 Å². The van der Waals surface area contributed by atoms with Gasteiger partial charge in [0, 0.05) is 31.2 Å². The Kier molecular flexibility index (Phi) is 6.01. The predicted octanol–water partition coefficient (Wildman–Crippen LogP) is 2.41. The lowest BCUT2D eigenvalue weighted by molar-refractivity contribution is -0.121. The summed E-state index contributed by atoms with van der Waals surface area (Å²) >= 11 is 0. The predicted molar refractivity (Wildman–Crippen MR) is 99.2 cm³/mol. The van der Waals surface area contributed by atoms with Crippen molar-refractivity contribution in [3.63, 3.8) is 0 Å². The number of benzene rings is 1. The first kappa shape index (κ1) is 19.2. The summed E-state index contributed by atoms with van der Waals surface area (Å²) in [6, 6.07) is 7.72. The molecule has 1 aliphatic heterocycles. The lowest BCUT2D eigenvalue weighted by Gasteiger charge is -2.38. The van der Waals surface area contributed by atoms with E-state index in [0.717, 1.165) is 18.4 Å². The average Bonchev–Trinajstić information content (AvgIpc) is 3.11. The molecule has 146 valence electrons. The fourth-order valence-electron chi connectivity index (χ4n) is 3.49. The molecule has 3 rings (SSSR count). The van der Waals surface area contributed by atoms with Crippen molar-refractivity contribution in [2.24, 2.45) is 0 Å². The van der Waals surface area contributed by atoms with Crippen molar-refractivity contribution in [2.45, 2.75) is 31.6 Å². The Hall–Kier alpha value is -2.54. The molecule has 1 N–H and O–H groups in total. The van der Waals surface area contributed by atoms with Crippen LogP contribution < -0.4 is 14.8 Å². The number of hydrogen-bond donors (Lipinski definition) is 1. The van der Waals surface area contributed by atoms with E-state index in [1.54, 1.807) is 20.3 Å². The van der Waals surface area contributed by atoms with Crippen LogP contribution in [0.5, 0.6) is 11.5 Å². The molecule has 0 radical (unpaired) electrons. The van der Waals surface area contributed by atoms with Gasteiger partial charge in [0.05, 0.1) is 26.3 Å². The number of nitrogens with one attached hydrogen (secondary N) is 1. The summed E-state index contributed by atoms with van der Waals surface area (Å²) in [6.07, 6.45) is 1.85. The molecule has 1 aromatic heterocycles. The third-order valence-corrected chi connectivity index (χ3v) is 5.09. The third-order valence-electron chi connectivity index (χ3n) is 5.09. The standard InChI is InChI=1S/C20H26N2O5/c1-14-10-16(22-27-14)12-19(23)21-13-20(6-8-26-9-7-20)15-4-5-17(24-2)18(11-15)25-3/h4-5,10-11H,6-9,12-13H2,1-3H3,(H,21,23). The molecule has 0 saturated carbocycles. The quantitative estimate of drug-likeness (QED) is 0.801. The molecule has 2 heterocycles. The summed E-state index contributed by atoms with van der Waals surface area (Å²) in [4.78, 5) is 12.4. The van der Waals surface area contributed by atoms with E-state index < -0.39 is 0 Å². The number of nitrogens with zero attached hydrogens (tertiary/aromatic N) is 1. The number of hydrogen-bond acceptors (Lipinski definition) is 6. The van der Waals surface area contributed by atoms with Crippen molar-refractivity contribution >= 4 is 5.91 Å². The van der Waals surface area contributed by atoms with Crippen LogP contribution in [0.2, 0.25) is 0 Å². The summed E-state index contributed by atoms with van der Waals surface area (Å²) < 4.78 is 21.4. The first-order valence-corrected chi connectivity index (χ1v) is 9.05. The Morgan fingerprint density at radius 1 is 1.19 bits per heavy atom. The molecule has 0 spiro atoms. The molecular formula is C20H26N2O5. The Morgan fingerprint density at radius 3 is 2.56 bits per heavy atom. The van der Waals surface area contributed by atoms with Gasteiger partial charge in [-0.3, -0.25) is 4.79 Å². The fraction of sp³-hybridized carbons (Fsp3) is 0.500. The van der Waals surface area contributed by atoms with E-state index in [-0.39, 0.29) is 17.7 Å². The van der Waals surface area contributed by atoms with Crippen LogP contribution in [0.1, 0.15) is 29.9 Å². The van der Waals surface area contributed by atoms with E-state index in [1.165, 1.54) is 0 Å². The topological polar surface area (TPSA) is 82.8 Å². The van der Waals surface area contributed by atoms with Gasteiger partial charge >= 0.3 is 0 Å². The minimum atomic E-state index is -0.201. The summed E-state index contributed by atoms with van der Waals surface area (Å²) in [5.41, 5.74) is 1.55. The first-order chi connectivity index (χ1) is 13.1. The number of carbonyl (C=O) groups excluding carboxylic acids is 1. The van der Waals surface area contributed by atoms with Gasteiger partial charge in [0.15, 0.2) is 11.5 Å². The lowest BCUT2D eigenvalue weighted by Crippen LogP contribution is -2.45. The minimum Gasteiger partial charge on any atom is -0.493 e. The van der Waals surface area contributed by atoms with Crippen LogP contribution >= 0.6 is 0 Å². The lowest BCUT2D eigenvalue weighted by atomic mass is 9.74. The van der Waals surface area contributed by atoms with Gasteiger partial charge in [0.2, 0.25) is 5.91 Å². The second kappa shape index (κ2) is 8.43. The molecule has 0 unspecified atom stereocenters. The van der Waals surface area contributed by atoms with Crippen molar-refractivity contribution in [3.8, 4) is 11.5 Å². The van der Waals surface area contributed by atoms with E-state index in [2.05, 4.69) is 10.5 Å². The van der Waals surface area contributed by atoms with Crippen molar-refractivity contribution < 1.29 is 23.5 Å². The maximum Gasteiger partial charge on any atom is 0.226 e. The highest BCUT2D eigenvalue weighted by Crippen LogP contribution is 2.38. The average molecular weight is 374 g/mol. The number of rotatable bonds is 7. The largest absolute Gasteiger partial charge is 0.493 e. The highest BCUT2D eigenvalue weighted by molar-refractivity contribution is 5.78. The zero-order valence-electron chi connectivity index (χ0n) is 16.0. The molecular weight excluding hydrogens is 348 g/mol. The molecule has 0 atom stereocenters. The molecule has 1 saturated heterocycles. The van der Waals surface area contributed by atoms with Crippen LogP contribution in [0.15, 0.2) is 28.8 Å². The van der Waals surface area contributed by atoms with Gasteiger partial charge in [-0.1, -0.05) is 11.2 Å². The third kappa shape index (κ3) is 4.42. The molecule has 1 fully saturated rings. The van der Waals surface area contributed by atoms with E-state index in [9.17, 15) is 4.79 Å². The Balaban J connectivity index is 1.75. The molecule has 0 aliphatic carbocycles. The Labute approximate surface area is 159 Å². The number of ether oxygens (including phenoxy) is 3. The first-order valence-electron chi connectivity index (χ1n) is 9.05. The number of carbonyl (C=O) groups is 1. The zero-order valence-corrected chi connectivity index (χ0v) is 16.0. The van der Waals surface area contributed by atoms with Crippen molar-refractivity contribution in [2.75, 3.05) is 34.0 Å². The van der Waals surface area contributed by atoms with E-state index >= 15 is 0 Å². The maximum atomic E-state index is 12.4. The molecule has 1 aromatic carbocycles. The SMILES string of the molecule is COc1ccc(C2(CNC(=O)Cc3cc(C)on3)CCOCC2)cc1OC. The van der Waals surface area contributed by atoms with Crippen LogP contribution in [0.25, 0.3) is 0 Å². The summed E-state index contributed by atoms with van der Waals surface area (Å²) in [5.74, 6) is 2.00. The summed E-state index contributed by atoms with van der Waals surface area (Å²) in [7, 11) is 3.24. The van der Waals surface area contributed by atoms with Crippen LogP contribution in [-0.2, 0) is 21.4 Å². The smallest absolute Gasteiger partial charge is 0.226 e. The number of aromatic nitrogens is 1. The van der Waals surface area contributed by atoms with Crippen molar-refractivity contribution in [1.82, 2.24) is 10.5 Å². The minimum absolute atomic E-state index is 0.0744. The second-order valence-electron chi connectivity index (χ2n) is 6.84. The van der Waals surface area contributed by atoms with Crippen LogP contribution in [0.3, 0.4) is 0 Å². The van der Waals surface area contributed by atoms with Gasteiger partial charge in [0.1, 0.15) is 5.76 Å².